The maximum absolute atomic E-state index is 4.98. The number of hydrogen-bond donors (Lipinski definition) is 0. The third kappa shape index (κ3) is 13.6. The molecule has 6 aromatic heterocycles. The Morgan fingerprint density at radius 3 is 1.74 bits per heavy atom. The maximum atomic E-state index is 4.98. The van der Waals surface area contributed by atoms with Crippen LogP contribution in [-0.4, -0.2) is 13.3 Å². The lowest BCUT2D eigenvalue weighted by molar-refractivity contribution is 0.410. The molecule has 386 valence electrons. The number of hydrogen-bond acceptors (Lipinski definition) is 7. The average molecular weight is 1060 g/mol. The number of nitrogens with zero attached hydrogens (tertiary/aromatic N) is 3. The topological polar surface area (TPSA) is 30.7 Å². The predicted molar refractivity (Wildman–Crippen MR) is 328 cm³/mol. The smallest absolute Gasteiger partial charge is 0.114 e. The van der Waals surface area contributed by atoms with Gasteiger partial charge >= 0.3 is 0 Å². The molecule has 0 amide bonds. The van der Waals surface area contributed by atoms with Crippen LogP contribution in [0, 0.1) is 6.92 Å². The van der Waals surface area contributed by atoms with E-state index in [0.29, 0.717) is 6.04 Å². The highest BCUT2D eigenvalue weighted by molar-refractivity contribution is 7.21. The first-order chi connectivity index (χ1) is 36.0. The van der Waals surface area contributed by atoms with Crippen LogP contribution in [0.15, 0.2) is 90.3 Å². The molecule has 8 heteroatoms. The number of thiophene rings is 4. The summed E-state index contributed by atoms with van der Waals surface area (Å²) in [6.45, 7) is 11.5. The molecule has 0 spiro atoms. The van der Waals surface area contributed by atoms with Crippen LogP contribution in [0.25, 0.3) is 73.9 Å². The molecule has 3 nitrogen and oxygen atoms in total. The van der Waals surface area contributed by atoms with Crippen molar-refractivity contribution in [1.29, 1.82) is 0 Å². The lowest BCUT2D eigenvalue weighted by Crippen LogP contribution is -2.09. The Bertz CT molecular complexity index is 3100. The van der Waals surface area contributed by atoms with E-state index in [4.69, 9.17) is 8.75 Å². The average Bonchev–Trinajstić information content (AvgIpc) is 4.28. The molecule has 0 saturated carbocycles. The van der Waals surface area contributed by atoms with E-state index in [-0.39, 0.29) is 0 Å². The van der Waals surface area contributed by atoms with Gasteiger partial charge in [0.25, 0.3) is 0 Å². The fourth-order valence-corrected chi connectivity index (χ4v) is 16.2. The van der Waals surface area contributed by atoms with E-state index >= 15 is 0 Å². The van der Waals surface area contributed by atoms with Gasteiger partial charge in [-0.1, -0.05) is 180 Å². The first-order valence-corrected chi connectivity index (χ1v) is 32.7. The molecule has 0 unspecified atom stereocenters. The van der Waals surface area contributed by atoms with Crippen molar-refractivity contribution in [2.24, 2.45) is 0 Å². The molecule has 0 atom stereocenters. The summed E-state index contributed by atoms with van der Waals surface area (Å²) < 4.78 is 12.7. The van der Waals surface area contributed by atoms with E-state index in [2.05, 4.69) is 129 Å². The number of benzene rings is 3. The minimum atomic E-state index is 0.507. The molecular weight excluding hydrogens is 983 g/mol. The zero-order valence-electron chi connectivity index (χ0n) is 44.8. The fraction of sp³-hybridized carbons (Fsp3) is 0.477. The van der Waals surface area contributed by atoms with Gasteiger partial charge in [-0.15, -0.1) is 45.3 Å². The van der Waals surface area contributed by atoms with Crippen LogP contribution < -0.4 is 0 Å². The molecule has 9 aromatic rings. The SMILES string of the molecule is CCCCCCCCC(CCCCCCCC)n1c2cc(C)ccc2c2ccc(-c3ccc(-c4ccc(-c5ccc(Cc6sc(-c7cc(CCCCCC)cs7)cc6CCCCCC)s5)c5nsnc45)s3)cc21. The molecule has 0 fully saturated rings. The van der Waals surface area contributed by atoms with Gasteiger partial charge in [-0.05, 0) is 122 Å². The van der Waals surface area contributed by atoms with Crippen molar-refractivity contribution in [2.45, 2.75) is 201 Å². The molecule has 0 bridgehead atoms. The van der Waals surface area contributed by atoms with Gasteiger partial charge in [0.15, 0.2) is 0 Å². The monoisotopic (exact) mass is 1060 g/mol. The van der Waals surface area contributed by atoms with Crippen molar-refractivity contribution in [3.8, 4) is 41.1 Å². The van der Waals surface area contributed by atoms with Gasteiger partial charge in [-0.3, -0.25) is 0 Å². The predicted octanol–water partition coefficient (Wildman–Crippen LogP) is 22.9. The van der Waals surface area contributed by atoms with Gasteiger partial charge in [-0.2, -0.15) is 8.75 Å². The van der Waals surface area contributed by atoms with Crippen LogP contribution in [0.3, 0.4) is 0 Å². The van der Waals surface area contributed by atoms with Gasteiger partial charge in [0.2, 0.25) is 0 Å². The van der Waals surface area contributed by atoms with Crippen molar-refractivity contribution in [2.75, 3.05) is 0 Å². The quantitative estimate of drug-likeness (QED) is 0.0406. The van der Waals surface area contributed by atoms with Crippen LogP contribution >= 0.6 is 57.1 Å². The number of unbranched alkanes of at least 4 members (excludes halogenated alkanes) is 16. The van der Waals surface area contributed by atoms with E-state index in [1.54, 1.807) is 10.4 Å². The van der Waals surface area contributed by atoms with E-state index in [1.807, 2.05) is 45.3 Å². The summed E-state index contributed by atoms with van der Waals surface area (Å²) in [5.41, 5.74) is 12.9. The second-order valence-electron chi connectivity index (χ2n) is 21.1. The van der Waals surface area contributed by atoms with Gasteiger partial charge in [0.1, 0.15) is 11.0 Å². The highest BCUT2D eigenvalue weighted by atomic mass is 32.1. The van der Waals surface area contributed by atoms with Crippen LogP contribution in [0.5, 0.6) is 0 Å². The molecule has 6 heterocycles. The minimum Gasteiger partial charge on any atom is -0.337 e. The summed E-state index contributed by atoms with van der Waals surface area (Å²) >= 11 is 9.14. The Kier molecular flexibility index (Phi) is 20.1. The normalized spacial score (nSPS) is 12.0. The number of aromatic nitrogens is 3. The molecule has 9 rings (SSSR count). The molecule has 0 aliphatic rings. The van der Waals surface area contributed by atoms with Crippen molar-refractivity contribution < 1.29 is 0 Å². The highest BCUT2D eigenvalue weighted by Crippen LogP contribution is 2.45. The summed E-state index contributed by atoms with van der Waals surface area (Å²) in [6, 6.07) is 34.0. The van der Waals surface area contributed by atoms with Crippen molar-refractivity contribution >= 4 is 89.9 Å². The first kappa shape index (κ1) is 53.9. The molecule has 0 aliphatic heterocycles. The zero-order valence-corrected chi connectivity index (χ0v) is 48.9. The molecule has 0 saturated heterocycles. The Morgan fingerprint density at radius 1 is 0.479 bits per heavy atom. The van der Waals surface area contributed by atoms with Crippen LogP contribution in [-0.2, 0) is 19.3 Å². The molecule has 73 heavy (non-hydrogen) atoms. The number of rotatable bonds is 31. The van der Waals surface area contributed by atoms with Crippen LogP contribution in [0.2, 0.25) is 0 Å². The summed E-state index contributed by atoms with van der Waals surface area (Å²) in [5.74, 6) is 0. The summed E-state index contributed by atoms with van der Waals surface area (Å²) in [4.78, 5) is 9.70. The van der Waals surface area contributed by atoms with Crippen LogP contribution in [0.4, 0.5) is 0 Å². The van der Waals surface area contributed by atoms with E-state index in [9.17, 15) is 0 Å². The molecular formula is C65H81N3S5. The largest absolute Gasteiger partial charge is 0.337 e. The van der Waals surface area contributed by atoms with E-state index < -0.39 is 0 Å². The van der Waals surface area contributed by atoms with Crippen LogP contribution in [0.1, 0.15) is 201 Å². The summed E-state index contributed by atoms with van der Waals surface area (Å²) in [5, 5.41) is 5.19. The number of fused-ring (bicyclic) bond motifs is 4. The van der Waals surface area contributed by atoms with Crippen molar-refractivity contribution in [1.82, 2.24) is 13.3 Å². The van der Waals surface area contributed by atoms with E-state index in [1.165, 1.54) is 245 Å². The van der Waals surface area contributed by atoms with Gasteiger partial charge < -0.3 is 4.57 Å². The third-order valence-electron chi connectivity index (χ3n) is 15.4. The Morgan fingerprint density at radius 2 is 1.05 bits per heavy atom. The Labute approximate surface area is 458 Å². The third-order valence-corrected chi connectivity index (χ3v) is 20.5. The fourth-order valence-electron chi connectivity index (χ4n) is 11.2. The Balaban J connectivity index is 0.958. The second-order valence-corrected chi connectivity index (χ2v) is 25.9. The van der Waals surface area contributed by atoms with E-state index in [0.717, 1.165) is 17.5 Å². The minimum absolute atomic E-state index is 0.507. The molecule has 3 aromatic carbocycles. The zero-order chi connectivity index (χ0) is 50.4. The lowest BCUT2D eigenvalue weighted by Gasteiger charge is -2.22. The summed E-state index contributed by atoms with van der Waals surface area (Å²) in [7, 11) is 0. The highest BCUT2D eigenvalue weighted by Gasteiger charge is 2.22. The van der Waals surface area contributed by atoms with Crippen molar-refractivity contribution in [3.05, 3.63) is 117 Å². The Hall–Kier alpha value is -3.92. The molecule has 0 N–H and O–H groups in total. The molecule has 0 radical (unpaired) electrons. The van der Waals surface area contributed by atoms with Crippen molar-refractivity contribution in [3.63, 3.8) is 0 Å². The molecule has 0 aliphatic carbocycles. The first-order valence-electron chi connectivity index (χ1n) is 28.6. The van der Waals surface area contributed by atoms with Gasteiger partial charge in [0, 0.05) is 74.0 Å². The maximum Gasteiger partial charge on any atom is 0.114 e. The standard InChI is InChI=1S/C65H81N3S5/c1-6-10-14-18-20-24-28-50(29-25-21-19-15-11-7-2)68-56-40-46(5)30-33-52(56)53-34-31-49(42-57(53)68)58-38-39-60(71-58)55-36-35-54(64-65(55)67-73-66-64)59-37-32-51(70-59)44-61-48(27-23-17-13-9-4)43-63(72-61)62-41-47(45-69-62)26-22-16-12-8-3/h30-43,45,50H,6-29,44H2,1-5H3. The second kappa shape index (κ2) is 27.2. The number of aryl methyl sites for hydroxylation is 3. The van der Waals surface area contributed by atoms with Gasteiger partial charge in [-0.25, -0.2) is 0 Å². The van der Waals surface area contributed by atoms with Gasteiger partial charge in [0.05, 0.1) is 17.2 Å². The summed E-state index contributed by atoms with van der Waals surface area (Å²) in [6.07, 6.45) is 32.5. The lowest BCUT2D eigenvalue weighted by atomic mass is 9.99.